The van der Waals surface area contributed by atoms with E-state index in [0.29, 0.717) is 20.3 Å². The van der Waals surface area contributed by atoms with Gasteiger partial charge in [0, 0.05) is 15.1 Å². The molecule has 0 fully saturated rings. The van der Waals surface area contributed by atoms with Gasteiger partial charge in [0.05, 0.1) is 16.3 Å². The third-order valence-electron chi connectivity index (χ3n) is 3.13. The van der Waals surface area contributed by atoms with Crippen LogP contribution in [0.5, 0.6) is 5.75 Å². The Kier molecular flexibility index (Phi) is 4.96. The molecule has 2 N–H and O–H groups in total. The summed E-state index contributed by atoms with van der Waals surface area (Å²) in [4.78, 5) is 12.6. The number of hydrazone groups is 1. The molecular weight excluding hydrogens is 391 g/mol. The number of thiophene rings is 1. The standard InChI is InChI=1S/C16H9Cl3N2O2S/c17-9-5-11(18)13-12(6-9)24-15(14(13)19)16(23)21-20-7-8-1-3-10(22)4-2-8/h1-7,22H,(H,21,23)/b20-7+. The van der Waals surface area contributed by atoms with Crippen molar-refractivity contribution in [2.75, 3.05) is 0 Å². The minimum absolute atomic E-state index is 0.156. The van der Waals surface area contributed by atoms with Crippen molar-refractivity contribution in [1.29, 1.82) is 0 Å². The summed E-state index contributed by atoms with van der Waals surface area (Å²) in [5, 5.41) is 14.8. The number of carbonyl (C=O) groups is 1. The highest BCUT2D eigenvalue weighted by Crippen LogP contribution is 2.41. The van der Waals surface area contributed by atoms with Crippen molar-refractivity contribution >= 4 is 68.3 Å². The van der Waals surface area contributed by atoms with E-state index in [2.05, 4.69) is 10.5 Å². The first kappa shape index (κ1) is 17.0. The zero-order chi connectivity index (χ0) is 17.3. The van der Waals surface area contributed by atoms with E-state index >= 15 is 0 Å². The fraction of sp³-hybridized carbons (Fsp3) is 0. The van der Waals surface area contributed by atoms with E-state index in [1.807, 2.05) is 0 Å². The van der Waals surface area contributed by atoms with Crippen molar-refractivity contribution in [3.63, 3.8) is 0 Å². The van der Waals surface area contributed by atoms with Crippen molar-refractivity contribution in [1.82, 2.24) is 5.43 Å². The van der Waals surface area contributed by atoms with Gasteiger partial charge in [0.1, 0.15) is 10.6 Å². The van der Waals surface area contributed by atoms with Gasteiger partial charge in [0.2, 0.25) is 0 Å². The Hall–Kier alpha value is -1.79. The van der Waals surface area contributed by atoms with E-state index in [-0.39, 0.29) is 10.8 Å². The highest BCUT2D eigenvalue weighted by Gasteiger charge is 2.19. The van der Waals surface area contributed by atoms with Crippen LogP contribution in [-0.4, -0.2) is 17.2 Å². The van der Waals surface area contributed by atoms with Gasteiger partial charge in [-0.2, -0.15) is 5.10 Å². The van der Waals surface area contributed by atoms with Crippen LogP contribution in [0.25, 0.3) is 10.1 Å². The normalized spacial score (nSPS) is 11.3. The molecule has 0 aliphatic heterocycles. The molecule has 0 saturated heterocycles. The lowest BCUT2D eigenvalue weighted by atomic mass is 10.2. The molecule has 1 amide bonds. The predicted octanol–water partition coefficient (Wildman–Crippen LogP) is 5.33. The van der Waals surface area contributed by atoms with Crippen molar-refractivity contribution in [3.8, 4) is 5.75 Å². The Morgan fingerprint density at radius 2 is 1.88 bits per heavy atom. The van der Waals surface area contributed by atoms with Gasteiger partial charge in [-0.3, -0.25) is 4.79 Å². The highest BCUT2D eigenvalue weighted by atomic mass is 35.5. The number of benzene rings is 2. The number of hydrogen-bond donors (Lipinski definition) is 2. The van der Waals surface area contributed by atoms with Crippen molar-refractivity contribution < 1.29 is 9.90 Å². The van der Waals surface area contributed by atoms with Crippen LogP contribution in [0.15, 0.2) is 41.5 Å². The van der Waals surface area contributed by atoms with Crippen molar-refractivity contribution in [2.45, 2.75) is 0 Å². The van der Waals surface area contributed by atoms with Crippen molar-refractivity contribution in [3.05, 3.63) is 61.9 Å². The number of phenolic OH excluding ortho intramolecular Hbond substituents is 1. The molecule has 2 aromatic carbocycles. The molecular formula is C16H9Cl3N2O2S. The summed E-state index contributed by atoms with van der Waals surface area (Å²) >= 11 is 19.6. The van der Waals surface area contributed by atoms with Crippen molar-refractivity contribution in [2.24, 2.45) is 5.10 Å². The average molecular weight is 400 g/mol. The summed E-state index contributed by atoms with van der Waals surface area (Å²) in [6.45, 7) is 0. The minimum Gasteiger partial charge on any atom is -0.508 e. The smallest absolute Gasteiger partial charge is 0.283 e. The van der Waals surface area contributed by atoms with E-state index in [9.17, 15) is 9.90 Å². The largest absolute Gasteiger partial charge is 0.508 e. The highest BCUT2D eigenvalue weighted by molar-refractivity contribution is 7.21. The van der Waals surface area contributed by atoms with Gasteiger partial charge in [-0.15, -0.1) is 11.3 Å². The fourth-order valence-corrected chi connectivity index (χ4v) is 4.30. The second kappa shape index (κ2) is 6.99. The van der Waals surface area contributed by atoms with Crippen LogP contribution < -0.4 is 5.43 Å². The molecule has 0 aliphatic carbocycles. The third kappa shape index (κ3) is 3.49. The van der Waals surface area contributed by atoms with E-state index in [4.69, 9.17) is 34.8 Å². The topological polar surface area (TPSA) is 61.7 Å². The molecule has 3 aromatic rings. The lowest BCUT2D eigenvalue weighted by Gasteiger charge is -1.98. The Morgan fingerprint density at radius 1 is 1.17 bits per heavy atom. The molecule has 122 valence electrons. The van der Waals surface area contributed by atoms with Gasteiger partial charge < -0.3 is 5.11 Å². The quantitative estimate of drug-likeness (QED) is 0.462. The number of nitrogens with one attached hydrogen (secondary N) is 1. The average Bonchev–Trinajstić information content (AvgIpc) is 2.86. The number of carbonyl (C=O) groups excluding carboxylic acids is 1. The Bertz CT molecular complexity index is 952. The molecule has 1 heterocycles. The molecule has 0 radical (unpaired) electrons. The fourth-order valence-electron chi connectivity index (χ4n) is 2.03. The van der Waals surface area contributed by atoms with Gasteiger partial charge in [0.15, 0.2) is 0 Å². The number of amides is 1. The number of rotatable bonds is 3. The molecule has 0 unspecified atom stereocenters. The molecule has 24 heavy (non-hydrogen) atoms. The maximum absolute atomic E-state index is 12.3. The molecule has 8 heteroatoms. The maximum Gasteiger partial charge on any atom is 0.283 e. The first-order valence-electron chi connectivity index (χ1n) is 6.65. The zero-order valence-corrected chi connectivity index (χ0v) is 15.0. The summed E-state index contributed by atoms with van der Waals surface area (Å²) in [7, 11) is 0. The van der Waals surface area contributed by atoms with E-state index in [1.54, 1.807) is 24.3 Å². The lowest BCUT2D eigenvalue weighted by molar-refractivity contribution is 0.0959. The number of nitrogens with zero attached hydrogens (tertiary/aromatic N) is 1. The second-order valence-electron chi connectivity index (χ2n) is 4.80. The van der Waals surface area contributed by atoms with Crippen LogP contribution in [0, 0.1) is 0 Å². The molecule has 0 spiro atoms. The first-order chi connectivity index (χ1) is 11.5. The summed E-state index contributed by atoms with van der Waals surface area (Å²) in [6.07, 6.45) is 1.46. The molecule has 1 aromatic heterocycles. The predicted molar refractivity (Wildman–Crippen MR) is 100 cm³/mol. The van der Waals surface area contributed by atoms with E-state index in [1.165, 1.54) is 29.7 Å². The summed E-state index contributed by atoms with van der Waals surface area (Å²) < 4.78 is 0.727. The van der Waals surface area contributed by atoms with E-state index < -0.39 is 5.91 Å². The van der Waals surface area contributed by atoms with Gasteiger partial charge >= 0.3 is 0 Å². The first-order valence-corrected chi connectivity index (χ1v) is 8.60. The summed E-state index contributed by atoms with van der Waals surface area (Å²) in [5.41, 5.74) is 3.14. The number of halogens is 3. The lowest BCUT2D eigenvalue weighted by Crippen LogP contribution is -2.16. The minimum atomic E-state index is -0.441. The molecule has 3 rings (SSSR count). The van der Waals surface area contributed by atoms with Gasteiger partial charge in [-0.1, -0.05) is 34.8 Å². The van der Waals surface area contributed by atoms with Crippen LogP contribution in [0.3, 0.4) is 0 Å². The Morgan fingerprint density at radius 3 is 2.58 bits per heavy atom. The molecule has 0 aliphatic rings. The van der Waals surface area contributed by atoms with Crippen LogP contribution in [-0.2, 0) is 0 Å². The number of phenols is 1. The van der Waals surface area contributed by atoms with Gasteiger partial charge in [-0.05, 0) is 42.0 Å². The van der Waals surface area contributed by atoms with Crippen LogP contribution >= 0.6 is 46.1 Å². The zero-order valence-electron chi connectivity index (χ0n) is 11.9. The maximum atomic E-state index is 12.3. The molecule has 0 saturated carbocycles. The Labute approximate surface area is 156 Å². The van der Waals surface area contributed by atoms with Gasteiger partial charge in [0.25, 0.3) is 5.91 Å². The summed E-state index contributed by atoms with van der Waals surface area (Å²) in [6, 6.07) is 9.67. The van der Waals surface area contributed by atoms with Gasteiger partial charge in [-0.25, -0.2) is 5.43 Å². The van der Waals surface area contributed by atoms with E-state index in [0.717, 1.165) is 10.3 Å². The third-order valence-corrected chi connectivity index (χ3v) is 5.27. The van der Waals surface area contributed by atoms with Crippen LogP contribution in [0.2, 0.25) is 15.1 Å². The SMILES string of the molecule is O=C(N/N=C/c1ccc(O)cc1)c1sc2cc(Cl)cc(Cl)c2c1Cl. The number of hydrogen-bond acceptors (Lipinski definition) is 4. The van der Waals surface area contributed by atoms with Crippen LogP contribution in [0.4, 0.5) is 0 Å². The molecule has 0 bridgehead atoms. The molecule has 4 nitrogen and oxygen atoms in total. The number of aromatic hydroxyl groups is 1. The summed E-state index contributed by atoms with van der Waals surface area (Å²) in [5.74, 6) is -0.285. The Balaban J connectivity index is 1.82. The molecule has 0 atom stereocenters. The second-order valence-corrected chi connectivity index (χ2v) is 7.07. The number of fused-ring (bicyclic) bond motifs is 1. The monoisotopic (exact) mass is 398 g/mol. The van der Waals surface area contributed by atoms with Crippen LogP contribution in [0.1, 0.15) is 15.2 Å².